The van der Waals surface area contributed by atoms with Gasteiger partial charge in [0.05, 0.1) is 4.92 Å². The highest BCUT2D eigenvalue weighted by Gasteiger charge is 2.12. The zero-order valence-corrected chi connectivity index (χ0v) is 14.6. The lowest BCUT2D eigenvalue weighted by Crippen LogP contribution is -2.23. The molecule has 5 nitrogen and oxygen atoms in total. The Morgan fingerprint density at radius 3 is 2.61 bits per heavy atom. The summed E-state index contributed by atoms with van der Waals surface area (Å²) >= 11 is 5.05. The Balaban J connectivity index is 1.80. The molecule has 0 aliphatic rings. The topological polar surface area (TPSA) is 72.2 Å². The maximum absolute atomic E-state index is 11.9. The van der Waals surface area contributed by atoms with E-state index in [9.17, 15) is 14.9 Å². The van der Waals surface area contributed by atoms with E-state index in [0.717, 1.165) is 9.37 Å². The van der Waals surface area contributed by atoms with Gasteiger partial charge in [-0.1, -0.05) is 30.3 Å². The molecule has 23 heavy (non-hydrogen) atoms. The van der Waals surface area contributed by atoms with Gasteiger partial charge in [0.25, 0.3) is 5.69 Å². The molecule has 0 aromatic heterocycles. The molecule has 2 rings (SSSR count). The van der Waals surface area contributed by atoms with E-state index in [2.05, 4.69) is 21.2 Å². The molecule has 0 radical (unpaired) electrons. The number of carbonyl (C=O) groups excluding carboxylic acids is 1. The molecule has 2 aromatic carbocycles. The van der Waals surface area contributed by atoms with E-state index in [0.29, 0.717) is 17.7 Å². The highest BCUT2D eigenvalue weighted by Crippen LogP contribution is 2.27. The second-order valence-corrected chi connectivity index (χ2v) is 6.68. The lowest BCUT2D eigenvalue weighted by atomic mass is 10.2. The van der Waals surface area contributed by atoms with Crippen LogP contribution < -0.4 is 5.32 Å². The van der Waals surface area contributed by atoms with Gasteiger partial charge in [-0.3, -0.25) is 14.9 Å². The molecule has 0 fully saturated rings. The molecule has 0 saturated heterocycles. The number of nitro groups is 1. The second kappa shape index (κ2) is 8.69. The minimum absolute atomic E-state index is 0.0235. The molecule has 0 bridgehead atoms. The van der Waals surface area contributed by atoms with Crippen LogP contribution in [-0.4, -0.2) is 16.6 Å². The Labute approximate surface area is 146 Å². The van der Waals surface area contributed by atoms with Gasteiger partial charge in [0, 0.05) is 39.7 Å². The third-order valence-electron chi connectivity index (χ3n) is 3.09. The molecule has 0 aliphatic heterocycles. The number of nitrogens with one attached hydrogen (secondary N) is 1. The Morgan fingerprint density at radius 2 is 1.87 bits per heavy atom. The lowest BCUT2D eigenvalue weighted by molar-refractivity contribution is -0.385. The van der Waals surface area contributed by atoms with E-state index in [1.54, 1.807) is 30.0 Å². The summed E-state index contributed by atoms with van der Waals surface area (Å²) in [7, 11) is 0. The summed E-state index contributed by atoms with van der Waals surface area (Å²) in [4.78, 5) is 23.4. The number of thioether (sulfide) groups is 1. The van der Waals surface area contributed by atoms with Crippen molar-refractivity contribution in [1.29, 1.82) is 0 Å². The molecule has 0 heterocycles. The number of nitrogens with zero attached hydrogens (tertiary/aromatic N) is 1. The number of rotatable bonds is 7. The minimum atomic E-state index is -0.440. The molecule has 1 N–H and O–H groups in total. The van der Waals surface area contributed by atoms with E-state index >= 15 is 0 Å². The molecule has 0 atom stereocenters. The number of para-hydroxylation sites is 1. The number of hydrogen-bond acceptors (Lipinski definition) is 4. The summed E-state index contributed by atoms with van der Waals surface area (Å²) in [6.45, 7) is 0.162. The molecule has 120 valence electrons. The van der Waals surface area contributed by atoms with Gasteiger partial charge < -0.3 is 5.32 Å². The highest BCUT2D eigenvalue weighted by atomic mass is 79.9. The van der Waals surface area contributed by atoms with Crippen molar-refractivity contribution in [3.05, 3.63) is 68.7 Å². The largest absolute Gasteiger partial charge is 0.352 e. The number of halogens is 1. The zero-order chi connectivity index (χ0) is 16.7. The maximum atomic E-state index is 11.9. The summed E-state index contributed by atoms with van der Waals surface area (Å²) in [5, 5.41) is 13.6. The van der Waals surface area contributed by atoms with Crippen molar-refractivity contribution in [2.75, 3.05) is 5.75 Å². The number of amides is 1. The fourth-order valence-corrected chi connectivity index (χ4v) is 3.45. The number of nitro benzene ring substituents is 1. The van der Waals surface area contributed by atoms with Crippen molar-refractivity contribution in [3.63, 3.8) is 0 Å². The first-order valence-corrected chi connectivity index (χ1v) is 8.72. The van der Waals surface area contributed by atoms with Gasteiger partial charge in [-0.15, -0.1) is 11.8 Å². The smallest absolute Gasteiger partial charge is 0.274 e. The van der Waals surface area contributed by atoms with Gasteiger partial charge in [-0.2, -0.15) is 0 Å². The van der Waals surface area contributed by atoms with Crippen LogP contribution in [-0.2, 0) is 11.3 Å². The van der Waals surface area contributed by atoms with E-state index in [4.69, 9.17) is 0 Å². The number of hydrogen-bond donors (Lipinski definition) is 1. The van der Waals surface area contributed by atoms with Crippen LogP contribution in [0.25, 0.3) is 0 Å². The van der Waals surface area contributed by atoms with Crippen molar-refractivity contribution in [2.24, 2.45) is 0 Å². The molecule has 0 unspecified atom stereocenters. The Bertz CT molecular complexity index is 709. The molecule has 7 heteroatoms. The Morgan fingerprint density at radius 1 is 1.17 bits per heavy atom. The predicted octanol–water partition coefficient (Wildman–Crippen LogP) is 4.16. The van der Waals surface area contributed by atoms with Crippen LogP contribution >= 0.6 is 27.7 Å². The van der Waals surface area contributed by atoms with Crippen LogP contribution in [0.3, 0.4) is 0 Å². The van der Waals surface area contributed by atoms with Crippen molar-refractivity contribution in [2.45, 2.75) is 17.9 Å². The third-order valence-corrected chi connectivity index (χ3v) is 5.12. The van der Waals surface area contributed by atoms with Crippen LogP contribution in [0, 0.1) is 10.1 Å². The maximum Gasteiger partial charge on any atom is 0.274 e. The van der Waals surface area contributed by atoms with Gasteiger partial charge in [0.2, 0.25) is 5.91 Å². The standard InChI is InChI=1S/C16H15BrN2O3S/c17-13-6-2-4-8-15(13)23-10-9-16(20)18-11-12-5-1-3-7-14(12)19(21)22/h1-8H,9-11H2,(H,18,20). The summed E-state index contributed by atoms with van der Waals surface area (Å²) in [6.07, 6.45) is 0.354. The lowest BCUT2D eigenvalue weighted by Gasteiger charge is -2.07. The van der Waals surface area contributed by atoms with E-state index in [1.807, 2.05) is 24.3 Å². The predicted molar refractivity (Wildman–Crippen MR) is 94.4 cm³/mol. The first-order chi connectivity index (χ1) is 11.1. The summed E-state index contributed by atoms with van der Waals surface area (Å²) in [5.74, 6) is 0.522. The van der Waals surface area contributed by atoms with Crippen LogP contribution in [0.5, 0.6) is 0 Å². The van der Waals surface area contributed by atoms with Gasteiger partial charge in [0.1, 0.15) is 0 Å². The van der Waals surface area contributed by atoms with Crippen LogP contribution in [0.15, 0.2) is 57.9 Å². The van der Waals surface area contributed by atoms with Crippen LogP contribution in [0.1, 0.15) is 12.0 Å². The van der Waals surface area contributed by atoms with Crippen molar-refractivity contribution in [1.82, 2.24) is 5.32 Å². The molecule has 0 spiro atoms. The summed E-state index contributed by atoms with van der Waals surface area (Å²) in [6, 6.07) is 14.2. The third kappa shape index (κ3) is 5.37. The molecular weight excluding hydrogens is 380 g/mol. The fraction of sp³-hybridized carbons (Fsp3) is 0.188. The number of benzene rings is 2. The summed E-state index contributed by atoms with van der Waals surface area (Å²) < 4.78 is 1.00. The first-order valence-electron chi connectivity index (χ1n) is 6.94. The average molecular weight is 395 g/mol. The first kappa shape index (κ1) is 17.5. The van der Waals surface area contributed by atoms with Crippen molar-refractivity contribution >= 4 is 39.3 Å². The molecular formula is C16H15BrN2O3S. The average Bonchev–Trinajstić information content (AvgIpc) is 2.55. The Kier molecular flexibility index (Phi) is 6.61. The van der Waals surface area contributed by atoms with Crippen LogP contribution in [0.4, 0.5) is 5.69 Å². The van der Waals surface area contributed by atoms with Crippen LogP contribution in [0.2, 0.25) is 0 Å². The fourth-order valence-electron chi connectivity index (χ4n) is 1.94. The SMILES string of the molecule is O=C(CCSc1ccccc1Br)NCc1ccccc1[N+](=O)[O-]. The molecule has 2 aromatic rings. The van der Waals surface area contributed by atoms with E-state index < -0.39 is 4.92 Å². The monoisotopic (exact) mass is 394 g/mol. The molecule has 0 aliphatic carbocycles. The van der Waals surface area contributed by atoms with Crippen molar-refractivity contribution in [3.8, 4) is 0 Å². The minimum Gasteiger partial charge on any atom is -0.352 e. The number of carbonyl (C=O) groups is 1. The second-order valence-electron chi connectivity index (χ2n) is 4.69. The van der Waals surface area contributed by atoms with E-state index in [-0.39, 0.29) is 18.1 Å². The van der Waals surface area contributed by atoms with Gasteiger partial charge in [0.15, 0.2) is 0 Å². The molecule has 1 amide bonds. The zero-order valence-electron chi connectivity index (χ0n) is 12.2. The van der Waals surface area contributed by atoms with Crippen molar-refractivity contribution < 1.29 is 9.72 Å². The van der Waals surface area contributed by atoms with Gasteiger partial charge in [-0.25, -0.2) is 0 Å². The van der Waals surface area contributed by atoms with E-state index in [1.165, 1.54) is 6.07 Å². The highest BCUT2D eigenvalue weighted by molar-refractivity contribution is 9.10. The Hall–Kier alpha value is -1.86. The molecule has 0 saturated carbocycles. The van der Waals surface area contributed by atoms with Gasteiger partial charge in [-0.05, 0) is 28.1 Å². The normalized spacial score (nSPS) is 10.3. The van der Waals surface area contributed by atoms with Gasteiger partial charge >= 0.3 is 0 Å². The summed E-state index contributed by atoms with van der Waals surface area (Å²) in [5.41, 5.74) is 0.527. The quantitative estimate of drug-likeness (QED) is 0.434.